The summed E-state index contributed by atoms with van der Waals surface area (Å²) >= 11 is 12.1. The highest BCUT2D eigenvalue weighted by atomic mass is 35.5. The van der Waals surface area contributed by atoms with Gasteiger partial charge >= 0.3 is 0 Å². The van der Waals surface area contributed by atoms with E-state index in [9.17, 15) is 18.0 Å². The summed E-state index contributed by atoms with van der Waals surface area (Å²) in [6, 6.07) is 10.2. The molecule has 0 heterocycles. The molecule has 0 aliphatic heterocycles. The van der Waals surface area contributed by atoms with E-state index in [1.54, 1.807) is 0 Å². The van der Waals surface area contributed by atoms with Crippen molar-refractivity contribution in [3.8, 4) is 0 Å². The van der Waals surface area contributed by atoms with Gasteiger partial charge in [-0.2, -0.15) is 0 Å². The highest BCUT2D eigenvalue weighted by Crippen LogP contribution is 2.41. The van der Waals surface area contributed by atoms with Crippen molar-refractivity contribution in [1.82, 2.24) is 5.32 Å². The summed E-state index contributed by atoms with van der Waals surface area (Å²) in [5, 5.41) is 5.91. The van der Waals surface area contributed by atoms with E-state index < -0.39 is 20.5 Å². The van der Waals surface area contributed by atoms with Crippen LogP contribution in [0.5, 0.6) is 0 Å². The lowest BCUT2D eigenvalue weighted by atomic mass is 10.1. The summed E-state index contributed by atoms with van der Waals surface area (Å²) in [7, 11) is -2.43. The van der Waals surface area contributed by atoms with Gasteiger partial charge in [0.25, 0.3) is 5.91 Å². The predicted molar refractivity (Wildman–Crippen MR) is 124 cm³/mol. The third-order valence-electron chi connectivity index (χ3n) is 5.53. The third kappa shape index (κ3) is 4.93. The van der Waals surface area contributed by atoms with Crippen LogP contribution in [0.25, 0.3) is 0 Å². The molecule has 0 saturated heterocycles. The Balaban J connectivity index is 1.83. The first-order valence-corrected chi connectivity index (χ1v) is 12.3. The number of halogens is 2. The van der Waals surface area contributed by atoms with Gasteiger partial charge in [0, 0.05) is 24.4 Å². The van der Waals surface area contributed by atoms with Crippen LogP contribution in [0.1, 0.15) is 36.0 Å². The average Bonchev–Trinajstić information content (AvgIpc) is 3.26. The molecule has 10 heteroatoms. The predicted octanol–water partition coefficient (Wildman–Crippen LogP) is 4.09. The van der Waals surface area contributed by atoms with Crippen LogP contribution in [-0.2, 0) is 19.4 Å². The van der Waals surface area contributed by atoms with Crippen molar-refractivity contribution in [1.29, 1.82) is 0 Å². The number of nitrogens with one attached hydrogen (secondary N) is 2. The van der Waals surface area contributed by atoms with Crippen LogP contribution in [0, 0.1) is 0 Å². The lowest BCUT2D eigenvalue weighted by molar-refractivity contribution is -0.118. The third-order valence-corrected chi connectivity index (χ3v) is 8.61. The van der Waals surface area contributed by atoms with Crippen LogP contribution in [0.4, 0.5) is 5.69 Å². The summed E-state index contributed by atoms with van der Waals surface area (Å²) in [5.74, 6) is -0.985. The van der Waals surface area contributed by atoms with Crippen molar-refractivity contribution in [3.63, 3.8) is 0 Å². The van der Waals surface area contributed by atoms with E-state index in [1.807, 2.05) is 0 Å². The number of methoxy groups -OCH3 is 1. The lowest BCUT2D eigenvalue weighted by Gasteiger charge is -2.27. The Morgan fingerprint density at radius 2 is 1.72 bits per heavy atom. The minimum absolute atomic E-state index is 0.0556. The van der Waals surface area contributed by atoms with Crippen LogP contribution in [0.2, 0.25) is 10.0 Å². The monoisotopic (exact) mass is 498 g/mol. The molecule has 2 aromatic rings. The summed E-state index contributed by atoms with van der Waals surface area (Å²) in [6.07, 6.45) is 1.69. The minimum atomic E-state index is -3.96. The first-order chi connectivity index (χ1) is 15.2. The van der Waals surface area contributed by atoms with Crippen molar-refractivity contribution in [3.05, 3.63) is 58.1 Å². The smallest absolute Gasteiger partial charge is 0.252 e. The zero-order valence-corrected chi connectivity index (χ0v) is 19.8. The number of sulfone groups is 1. The highest BCUT2D eigenvalue weighted by Gasteiger charge is 2.53. The molecule has 7 nitrogen and oxygen atoms in total. The topological polar surface area (TPSA) is 102 Å². The SMILES string of the molecule is COCCNC(=O)c1ccc(NC(=O)C2(S(=O)(=O)c3ccc(Cl)cc3)CCCC2)cc1Cl. The largest absolute Gasteiger partial charge is 0.383 e. The van der Waals surface area contributed by atoms with E-state index in [1.165, 1.54) is 49.6 Å². The Bertz CT molecular complexity index is 1100. The fraction of sp³-hybridized carbons (Fsp3) is 0.364. The Morgan fingerprint density at radius 3 is 2.31 bits per heavy atom. The standard InChI is InChI=1S/C22H24Cl2N2O5S/c1-31-13-12-25-20(27)18-9-6-16(14-19(18)24)26-21(28)22(10-2-3-11-22)32(29,30)17-7-4-15(23)5-8-17/h4-9,14H,2-3,10-13H2,1H3,(H,25,27)(H,26,28). The number of benzene rings is 2. The number of carbonyl (C=O) groups is 2. The number of hydrogen-bond acceptors (Lipinski definition) is 5. The van der Waals surface area contributed by atoms with Gasteiger partial charge in [-0.15, -0.1) is 0 Å². The highest BCUT2D eigenvalue weighted by molar-refractivity contribution is 7.93. The first kappa shape index (κ1) is 24.5. The number of amides is 2. The van der Waals surface area contributed by atoms with Crippen LogP contribution in [-0.4, -0.2) is 45.2 Å². The quantitative estimate of drug-likeness (QED) is 0.533. The van der Waals surface area contributed by atoms with E-state index in [4.69, 9.17) is 27.9 Å². The van der Waals surface area contributed by atoms with E-state index in [0.29, 0.717) is 36.7 Å². The van der Waals surface area contributed by atoms with E-state index in [-0.39, 0.29) is 34.2 Å². The Kier molecular flexibility index (Phi) is 7.82. The maximum atomic E-state index is 13.4. The molecule has 2 aromatic carbocycles. The Labute approximate surface area is 197 Å². The van der Waals surface area contributed by atoms with Crippen LogP contribution < -0.4 is 10.6 Å². The number of carbonyl (C=O) groups excluding carboxylic acids is 2. The van der Waals surface area contributed by atoms with E-state index >= 15 is 0 Å². The molecule has 0 atom stereocenters. The van der Waals surface area contributed by atoms with Gasteiger partial charge in [0.05, 0.1) is 22.1 Å². The van der Waals surface area contributed by atoms with Crippen LogP contribution in [0.15, 0.2) is 47.4 Å². The molecule has 2 N–H and O–H groups in total. The second-order valence-electron chi connectivity index (χ2n) is 7.56. The molecule has 0 unspecified atom stereocenters. The van der Waals surface area contributed by atoms with Gasteiger partial charge < -0.3 is 15.4 Å². The molecule has 1 fully saturated rings. The number of rotatable bonds is 8. The van der Waals surface area contributed by atoms with Gasteiger partial charge in [-0.3, -0.25) is 9.59 Å². The van der Waals surface area contributed by atoms with Crippen molar-refractivity contribution in [2.75, 3.05) is 25.6 Å². The maximum Gasteiger partial charge on any atom is 0.252 e. The lowest BCUT2D eigenvalue weighted by Crippen LogP contribution is -2.47. The van der Waals surface area contributed by atoms with Gasteiger partial charge in [0.15, 0.2) is 14.6 Å². The van der Waals surface area contributed by atoms with Crippen molar-refractivity contribution >= 4 is 50.5 Å². The number of ether oxygens (including phenoxy) is 1. The average molecular weight is 499 g/mol. The van der Waals surface area contributed by atoms with Gasteiger partial charge in [-0.1, -0.05) is 36.0 Å². The molecule has 172 valence electrons. The summed E-state index contributed by atoms with van der Waals surface area (Å²) in [5.41, 5.74) is 0.552. The van der Waals surface area contributed by atoms with Crippen LogP contribution in [0.3, 0.4) is 0 Å². The summed E-state index contributed by atoms with van der Waals surface area (Å²) in [6.45, 7) is 0.691. The molecule has 3 rings (SSSR count). The number of hydrogen-bond donors (Lipinski definition) is 2. The molecule has 0 aromatic heterocycles. The molecule has 1 saturated carbocycles. The van der Waals surface area contributed by atoms with Gasteiger partial charge in [0.2, 0.25) is 5.91 Å². The fourth-order valence-electron chi connectivity index (χ4n) is 3.79. The molecule has 2 amide bonds. The summed E-state index contributed by atoms with van der Waals surface area (Å²) in [4.78, 5) is 25.6. The van der Waals surface area contributed by atoms with Crippen LogP contribution >= 0.6 is 23.2 Å². The molecule has 1 aliphatic carbocycles. The molecule has 1 aliphatic rings. The Morgan fingerprint density at radius 1 is 1.06 bits per heavy atom. The van der Waals surface area contributed by atoms with Crippen molar-refractivity contribution in [2.45, 2.75) is 35.3 Å². The molecule has 0 radical (unpaired) electrons. The minimum Gasteiger partial charge on any atom is -0.383 e. The second kappa shape index (κ2) is 10.2. The van der Waals surface area contributed by atoms with Crippen molar-refractivity contribution in [2.24, 2.45) is 0 Å². The summed E-state index contributed by atoms with van der Waals surface area (Å²) < 4.78 is 30.2. The molecule has 0 spiro atoms. The fourth-order valence-corrected chi connectivity index (χ4v) is 6.25. The number of anilines is 1. The van der Waals surface area contributed by atoms with Crippen molar-refractivity contribution < 1.29 is 22.7 Å². The maximum absolute atomic E-state index is 13.4. The first-order valence-electron chi connectivity index (χ1n) is 10.1. The van der Waals surface area contributed by atoms with Gasteiger partial charge in [-0.25, -0.2) is 8.42 Å². The molecular formula is C22H24Cl2N2O5S. The second-order valence-corrected chi connectivity index (χ2v) is 10.7. The van der Waals surface area contributed by atoms with E-state index in [2.05, 4.69) is 10.6 Å². The zero-order valence-electron chi connectivity index (χ0n) is 17.5. The molecular weight excluding hydrogens is 475 g/mol. The molecule has 32 heavy (non-hydrogen) atoms. The normalized spacial score (nSPS) is 15.3. The zero-order chi connectivity index (χ0) is 23.4. The molecule has 0 bridgehead atoms. The van der Waals surface area contributed by atoms with E-state index in [0.717, 1.165) is 0 Å². The van der Waals surface area contributed by atoms with Gasteiger partial charge in [-0.05, 0) is 55.3 Å². The van der Waals surface area contributed by atoms with Gasteiger partial charge in [0.1, 0.15) is 0 Å². The Hall–Kier alpha value is -2.13.